The van der Waals surface area contributed by atoms with Gasteiger partial charge in [-0.3, -0.25) is 5.32 Å². The van der Waals surface area contributed by atoms with Gasteiger partial charge in [0.1, 0.15) is 6.10 Å². The number of hydrogen-bond acceptors (Lipinski definition) is 2. The molecule has 0 aliphatic heterocycles. The first-order valence-electron chi connectivity index (χ1n) is 7.67. The minimum Gasteiger partial charge on any atom is -0.445 e. The van der Waals surface area contributed by atoms with Crippen LogP contribution >= 0.6 is 23.2 Å². The zero-order valence-electron chi connectivity index (χ0n) is 13.1. The van der Waals surface area contributed by atoms with Gasteiger partial charge >= 0.3 is 6.09 Å². The third-order valence-corrected chi connectivity index (χ3v) is 6.87. The third-order valence-electron chi connectivity index (χ3n) is 6.13. The number of amides is 1. The fourth-order valence-corrected chi connectivity index (χ4v) is 4.46. The topological polar surface area (TPSA) is 38.3 Å². The summed E-state index contributed by atoms with van der Waals surface area (Å²) in [6.45, 7) is 6.84. The van der Waals surface area contributed by atoms with E-state index in [2.05, 4.69) is 26.1 Å². The maximum Gasteiger partial charge on any atom is 0.411 e. The first-order valence-corrected chi connectivity index (χ1v) is 8.42. The van der Waals surface area contributed by atoms with Crippen LogP contribution in [-0.2, 0) is 4.74 Å². The zero-order valence-corrected chi connectivity index (χ0v) is 14.6. The molecule has 0 heterocycles. The molecule has 1 N–H and O–H groups in total. The number of carbonyl (C=O) groups excluding carboxylic acids is 1. The molecule has 0 saturated heterocycles. The van der Waals surface area contributed by atoms with Crippen LogP contribution in [0.1, 0.15) is 40.0 Å². The number of nitrogens with one attached hydrogen (secondary N) is 1. The molecule has 0 radical (unpaired) electrons. The molecular weight excluding hydrogens is 321 g/mol. The molecule has 1 amide bonds. The molecule has 2 fully saturated rings. The molecule has 2 bridgehead atoms. The summed E-state index contributed by atoms with van der Waals surface area (Å²) in [5, 5.41) is 3.61. The number of hydrogen-bond donors (Lipinski definition) is 1. The van der Waals surface area contributed by atoms with Gasteiger partial charge in [-0.2, -0.15) is 0 Å². The smallest absolute Gasteiger partial charge is 0.411 e. The van der Waals surface area contributed by atoms with Crippen LogP contribution in [0.25, 0.3) is 0 Å². The van der Waals surface area contributed by atoms with E-state index >= 15 is 0 Å². The number of benzene rings is 1. The van der Waals surface area contributed by atoms with Crippen LogP contribution in [0, 0.1) is 16.7 Å². The molecule has 120 valence electrons. The van der Waals surface area contributed by atoms with Gasteiger partial charge < -0.3 is 4.74 Å². The summed E-state index contributed by atoms with van der Waals surface area (Å²) >= 11 is 11.8. The van der Waals surface area contributed by atoms with E-state index in [0.29, 0.717) is 21.7 Å². The van der Waals surface area contributed by atoms with Crippen molar-refractivity contribution in [1.82, 2.24) is 0 Å². The van der Waals surface area contributed by atoms with Crippen molar-refractivity contribution >= 4 is 35.0 Å². The van der Waals surface area contributed by atoms with Crippen LogP contribution in [0.5, 0.6) is 0 Å². The molecule has 0 aromatic heterocycles. The second-order valence-corrected chi connectivity index (χ2v) is 8.07. The molecule has 3 unspecified atom stereocenters. The van der Waals surface area contributed by atoms with Gasteiger partial charge in [-0.05, 0) is 48.8 Å². The summed E-state index contributed by atoms with van der Waals surface area (Å²) in [6, 6.07) is 4.99. The summed E-state index contributed by atoms with van der Waals surface area (Å²) in [7, 11) is 0. The Kier molecular flexibility index (Phi) is 3.85. The van der Waals surface area contributed by atoms with E-state index in [1.54, 1.807) is 18.2 Å². The van der Waals surface area contributed by atoms with Crippen LogP contribution in [0.2, 0.25) is 10.0 Å². The van der Waals surface area contributed by atoms with Crippen molar-refractivity contribution in [3.63, 3.8) is 0 Å². The number of anilines is 1. The molecule has 1 aromatic carbocycles. The van der Waals surface area contributed by atoms with Gasteiger partial charge in [0.15, 0.2) is 0 Å². The SMILES string of the molecule is CC1(C)C2CCC1(C)C(OC(=O)Nc1ccc(Cl)c(Cl)c1)C2. The van der Waals surface area contributed by atoms with Crippen LogP contribution in [0.15, 0.2) is 18.2 Å². The molecule has 3 atom stereocenters. The van der Waals surface area contributed by atoms with Crippen LogP contribution in [0.4, 0.5) is 10.5 Å². The van der Waals surface area contributed by atoms with Gasteiger partial charge in [0.25, 0.3) is 0 Å². The van der Waals surface area contributed by atoms with Crippen molar-refractivity contribution in [3.05, 3.63) is 28.2 Å². The summed E-state index contributed by atoms with van der Waals surface area (Å²) in [6.07, 6.45) is 2.86. The molecule has 3 nitrogen and oxygen atoms in total. The number of halogens is 2. The predicted molar refractivity (Wildman–Crippen MR) is 89.6 cm³/mol. The fourth-order valence-electron chi connectivity index (χ4n) is 4.16. The number of carbonyl (C=O) groups is 1. The Morgan fingerprint density at radius 1 is 1.27 bits per heavy atom. The van der Waals surface area contributed by atoms with E-state index in [1.807, 2.05) is 0 Å². The highest BCUT2D eigenvalue weighted by molar-refractivity contribution is 6.42. The first kappa shape index (κ1) is 15.9. The van der Waals surface area contributed by atoms with E-state index in [9.17, 15) is 4.79 Å². The number of rotatable bonds is 2. The average molecular weight is 342 g/mol. The van der Waals surface area contributed by atoms with Crippen LogP contribution in [0.3, 0.4) is 0 Å². The van der Waals surface area contributed by atoms with Crippen molar-refractivity contribution in [2.24, 2.45) is 16.7 Å². The highest BCUT2D eigenvalue weighted by Gasteiger charge is 2.62. The lowest BCUT2D eigenvalue weighted by molar-refractivity contribution is 0.00148. The quantitative estimate of drug-likeness (QED) is 0.742. The normalized spacial score (nSPS) is 32.0. The zero-order chi connectivity index (χ0) is 16.1. The van der Waals surface area contributed by atoms with E-state index in [0.717, 1.165) is 12.8 Å². The molecule has 2 aliphatic rings. The monoisotopic (exact) mass is 341 g/mol. The van der Waals surface area contributed by atoms with Crippen molar-refractivity contribution in [2.45, 2.75) is 46.1 Å². The molecule has 2 saturated carbocycles. The maximum atomic E-state index is 12.2. The summed E-state index contributed by atoms with van der Waals surface area (Å²) in [4.78, 5) is 12.2. The third kappa shape index (κ3) is 2.39. The second kappa shape index (κ2) is 5.31. The average Bonchev–Trinajstić information content (AvgIpc) is 2.76. The van der Waals surface area contributed by atoms with Gasteiger partial charge in [0.05, 0.1) is 10.0 Å². The lowest BCUT2D eigenvalue weighted by Gasteiger charge is -2.38. The fraction of sp³-hybridized carbons (Fsp3) is 0.588. The number of fused-ring (bicyclic) bond motifs is 2. The Morgan fingerprint density at radius 3 is 2.55 bits per heavy atom. The van der Waals surface area contributed by atoms with Gasteiger partial charge in [-0.1, -0.05) is 44.0 Å². The van der Waals surface area contributed by atoms with Gasteiger partial charge in [0.2, 0.25) is 0 Å². The summed E-state index contributed by atoms with van der Waals surface area (Å²) in [5.41, 5.74) is 0.876. The Bertz CT molecular complexity index is 617. The van der Waals surface area contributed by atoms with E-state index in [1.165, 1.54) is 6.42 Å². The highest BCUT2D eigenvalue weighted by atomic mass is 35.5. The van der Waals surface area contributed by atoms with Gasteiger partial charge in [-0.15, -0.1) is 0 Å². The lowest BCUT2D eigenvalue weighted by atomic mass is 9.70. The molecule has 22 heavy (non-hydrogen) atoms. The lowest BCUT2D eigenvalue weighted by Crippen LogP contribution is -2.39. The Hall–Kier alpha value is -0.930. The maximum absolute atomic E-state index is 12.2. The van der Waals surface area contributed by atoms with Crippen molar-refractivity contribution < 1.29 is 9.53 Å². The standard InChI is InChI=1S/C17H21Cl2NO2/c1-16(2)10-6-7-17(16,3)14(8-10)22-15(21)20-11-4-5-12(18)13(19)9-11/h4-5,9-10,14H,6-8H2,1-3H3,(H,20,21). The number of ether oxygens (including phenoxy) is 1. The highest BCUT2D eigenvalue weighted by Crippen LogP contribution is 2.66. The molecule has 5 heteroatoms. The minimum atomic E-state index is -0.423. The van der Waals surface area contributed by atoms with E-state index in [-0.39, 0.29) is 16.9 Å². The largest absolute Gasteiger partial charge is 0.445 e. The second-order valence-electron chi connectivity index (χ2n) is 7.26. The van der Waals surface area contributed by atoms with E-state index in [4.69, 9.17) is 27.9 Å². The molecule has 1 aromatic rings. The molecule has 0 spiro atoms. The Balaban J connectivity index is 1.67. The Labute approximate surface area is 141 Å². The minimum absolute atomic E-state index is 0.0241. The van der Waals surface area contributed by atoms with Crippen molar-refractivity contribution in [1.29, 1.82) is 0 Å². The Morgan fingerprint density at radius 2 is 2.00 bits per heavy atom. The molecular formula is C17H21Cl2NO2. The predicted octanol–water partition coefficient (Wildman–Crippen LogP) is 5.76. The summed E-state index contributed by atoms with van der Waals surface area (Å²) in [5.74, 6) is 0.639. The van der Waals surface area contributed by atoms with Crippen LogP contribution in [-0.4, -0.2) is 12.2 Å². The van der Waals surface area contributed by atoms with Crippen LogP contribution < -0.4 is 5.32 Å². The summed E-state index contributed by atoms with van der Waals surface area (Å²) < 4.78 is 5.73. The molecule has 3 rings (SSSR count). The van der Waals surface area contributed by atoms with Crippen molar-refractivity contribution in [3.8, 4) is 0 Å². The van der Waals surface area contributed by atoms with E-state index < -0.39 is 6.09 Å². The van der Waals surface area contributed by atoms with Crippen molar-refractivity contribution in [2.75, 3.05) is 5.32 Å². The first-order chi connectivity index (χ1) is 10.2. The van der Waals surface area contributed by atoms with Gasteiger partial charge in [-0.25, -0.2) is 4.79 Å². The van der Waals surface area contributed by atoms with Gasteiger partial charge in [0, 0.05) is 11.1 Å². The molecule has 2 aliphatic carbocycles.